The normalized spacial score (nSPS) is 13.8. The molecule has 2 N–H and O–H groups in total. The van der Waals surface area contributed by atoms with Crippen LogP contribution < -0.4 is 15.0 Å². The van der Waals surface area contributed by atoms with Gasteiger partial charge in [-0.05, 0) is 43.2 Å². The highest BCUT2D eigenvalue weighted by Crippen LogP contribution is 2.28. The fourth-order valence-corrected chi connectivity index (χ4v) is 2.93. The van der Waals surface area contributed by atoms with Gasteiger partial charge < -0.3 is 20.1 Å². The molecule has 0 aliphatic carbocycles. The number of aliphatic imine (C=N–C) groups is 1. The molecule has 0 spiro atoms. The van der Waals surface area contributed by atoms with E-state index in [0.29, 0.717) is 6.54 Å². The minimum absolute atomic E-state index is 0.234. The lowest BCUT2D eigenvalue weighted by molar-refractivity contribution is 0.411. The number of ether oxygens (including phenoxy) is 1. The Morgan fingerprint density at radius 1 is 1.29 bits per heavy atom. The lowest BCUT2D eigenvalue weighted by Crippen LogP contribution is -2.40. The third-order valence-electron chi connectivity index (χ3n) is 4.16. The number of rotatable bonds is 4. The van der Waals surface area contributed by atoms with Crippen molar-refractivity contribution in [3.63, 3.8) is 0 Å². The van der Waals surface area contributed by atoms with Crippen LogP contribution in [0.25, 0.3) is 0 Å². The summed E-state index contributed by atoms with van der Waals surface area (Å²) in [6.45, 7) is 4.15. The number of nitrogens with zero attached hydrogens (tertiary/aromatic N) is 2. The molecule has 1 aliphatic heterocycles. The smallest absolute Gasteiger partial charge is 0.198 e. The molecule has 0 amide bonds. The van der Waals surface area contributed by atoms with Gasteiger partial charge in [0.05, 0.1) is 13.7 Å². The van der Waals surface area contributed by atoms with Gasteiger partial charge in [-0.1, -0.05) is 18.2 Å². The van der Waals surface area contributed by atoms with E-state index in [9.17, 15) is 5.11 Å². The second kappa shape index (κ2) is 7.25. The van der Waals surface area contributed by atoms with E-state index in [1.54, 1.807) is 19.2 Å². The fourth-order valence-electron chi connectivity index (χ4n) is 2.93. The molecule has 1 aliphatic rings. The molecule has 5 nitrogen and oxygen atoms in total. The Morgan fingerprint density at radius 2 is 2.12 bits per heavy atom. The van der Waals surface area contributed by atoms with E-state index in [4.69, 9.17) is 9.73 Å². The van der Waals surface area contributed by atoms with Crippen LogP contribution in [0, 0.1) is 0 Å². The van der Waals surface area contributed by atoms with E-state index < -0.39 is 0 Å². The molecular weight excluding hydrogens is 302 g/mol. The van der Waals surface area contributed by atoms with Gasteiger partial charge in [0.2, 0.25) is 0 Å². The van der Waals surface area contributed by atoms with Gasteiger partial charge >= 0.3 is 0 Å². The van der Waals surface area contributed by atoms with Crippen LogP contribution in [0.4, 0.5) is 5.69 Å². The Bertz CT molecular complexity index is 743. The Labute approximate surface area is 142 Å². The van der Waals surface area contributed by atoms with Crippen LogP contribution in [-0.2, 0) is 13.0 Å². The van der Waals surface area contributed by atoms with Gasteiger partial charge in [0, 0.05) is 24.3 Å². The number of phenols is 1. The van der Waals surface area contributed by atoms with Crippen molar-refractivity contribution in [3.8, 4) is 11.5 Å². The summed E-state index contributed by atoms with van der Waals surface area (Å²) in [4.78, 5) is 6.92. The molecule has 0 radical (unpaired) electrons. The topological polar surface area (TPSA) is 57.1 Å². The Kier molecular flexibility index (Phi) is 4.89. The van der Waals surface area contributed by atoms with Gasteiger partial charge in [-0.25, -0.2) is 4.99 Å². The van der Waals surface area contributed by atoms with E-state index in [1.807, 2.05) is 6.07 Å². The first kappa shape index (κ1) is 16.2. The average molecular weight is 325 g/mol. The molecular formula is C19H23N3O2. The predicted molar refractivity (Wildman–Crippen MR) is 97.0 cm³/mol. The number of nitrogens with one attached hydrogen (secondary N) is 1. The lowest BCUT2D eigenvalue weighted by Gasteiger charge is -2.22. The number of hydrogen-bond acceptors (Lipinski definition) is 3. The van der Waals surface area contributed by atoms with Crippen LogP contribution >= 0.6 is 0 Å². The van der Waals surface area contributed by atoms with E-state index in [0.717, 1.165) is 36.8 Å². The summed E-state index contributed by atoms with van der Waals surface area (Å²) in [6, 6.07) is 13.6. The molecule has 0 fully saturated rings. The third-order valence-corrected chi connectivity index (χ3v) is 4.16. The van der Waals surface area contributed by atoms with Crippen LogP contribution in [0.2, 0.25) is 0 Å². The molecule has 5 heteroatoms. The number of anilines is 1. The first-order chi connectivity index (χ1) is 11.7. The zero-order valence-electron chi connectivity index (χ0n) is 14.1. The SMILES string of the molecule is CCNC(=NCc1cc(OC)ccc1O)N1CCc2ccccc21. The Morgan fingerprint density at radius 3 is 2.92 bits per heavy atom. The number of fused-ring (bicyclic) bond motifs is 1. The molecule has 126 valence electrons. The summed E-state index contributed by atoms with van der Waals surface area (Å²) in [7, 11) is 1.62. The Balaban J connectivity index is 1.85. The molecule has 0 unspecified atom stereocenters. The third kappa shape index (κ3) is 3.30. The summed E-state index contributed by atoms with van der Waals surface area (Å²) in [5, 5.41) is 13.4. The predicted octanol–water partition coefficient (Wildman–Crippen LogP) is 2.93. The maximum atomic E-state index is 10.0. The molecule has 2 aromatic carbocycles. The molecule has 1 heterocycles. The molecule has 2 aromatic rings. The standard InChI is InChI=1S/C19H23N3O2/c1-3-20-19(22-11-10-14-6-4-5-7-17(14)22)21-13-15-12-16(24-2)8-9-18(15)23/h4-9,12,23H,3,10-11,13H2,1-2H3,(H,20,21). The second-order valence-electron chi connectivity index (χ2n) is 5.70. The molecule has 3 rings (SSSR count). The van der Waals surface area contributed by atoms with Crippen molar-refractivity contribution in [2.24, 2.45) is 4.99 Å². The van der Waals surface area contributed by atoms with Crippen LogP contribution in [0.1, 0.15) is 18.1 Å². The van der Waals surface area contributed by atoms with Crippen molar-refractivity contribution in [1.82, 2.24) is 5.32 Å². The number of methoxy groups -OCH3 is 1. The summed E-state index contributed by atoms with van der Waals surface area (Å²) in [5.41, 5.74) is 3.29. The van der Waals surface area contributed by atoms with Crippen molar-refractivity contribution in [1.29, 1.82) is 0 Å². The zero-order chi connectivity index (χ0) is 16.9. The number of hydrogen-bond donors (Lipinski definition) is 2. The maximum Gasteiger partial charge on any atom is 0.198 e. The quantitative estimate of drug-likeness (QED) is 0.670. The summed E-state index contributed by atoms with van der Waals surface area (Å²) in [5.74, 6) is 1.79. The van der Waals surface area contributed by atoms with Crippen molar-refractivity contribution in [2.75, 3.05) is 25.1 Å². The van der Waals surface area contributed by atoms with E-state index >= 15 is 0 Å². The van der Waals surface area contributed by atoms with E-state index in [1.165, 1.54) is 11.3 Å². The van der Waals surface area contributed by atoms with Crippen molar-refractivity contribution >= 4 is 11.6 Å². The van der Waals surface area contributed by atoms with Gasteiger partial charge in [0.25, 0.3) is 0 Å². The number of benzene rings is 2. The summed E-state index contributed by atoms with van der Waals surface area (Å²) in [6.07, 6.45) is 1.02. The first-order valence-electron chi connectivity index (χ1n) is 8.22. The van der Waals surface area contributed by atoms with Gasteiger partial charge in [-0.2, -0.15) is 0 Å². The highest BCUT2D eigenvalue weighted by Gasteiger charge is 2.22. The molecule has 24 heavy (non-hydrogen) atoms. The zero-order valence-corrected chi connectivity index (χ0v) is 14.1. The van der Waals surface area contributed by atoms with Gasteiger partial charge in [0.1, 0.15) is 11.5 Å². The summed E-state index contributed by atoms with van der Waals surface area (Å²) < 4.78 is 5.22. The van der Waals surface area contributed by atoms with Crippen LogP contribution in [0.15, 0.2) is 47.5 Å². The van der Waals surface area contributed by atoms with Gasteiger partial charge in [-0.15, -0.1) is 0 Å². The molecule has 0 saturated heterocycles. The minimum atomic E-state index is 0.234. The van der Waals surface area contributed by atoms with E-state index in [2.05, 4.69) is 41.4 Å². The van der Waals surface area contributed by atoms with Gasteiger partial charge in [-0.3, -0.25) is 0 Å². The highest BCUT2D eigenvalue weighted by molar-refractivity contribution is 5.97. The highest BCUT2D eigenvalue weighted by atomic mass is 16.5. The van der Waals surface area contributed by atoms with Crippen molar-refractivity contribution < 1.29 is 9.84 Å². The Hall–Kier alpha value is -2.69. The molecule has 0 saturated carbocycles. The monoisotopic (exact) mass is 325 g/mol. The fraction of sp³-hybridized carbons (Fsp3) is 0.316. The van der Waals surface area contributed by atoms with Crippen molar-refractivity contribution in [2.45, 2.75) is 19.9 Å². The van der Waals surface area contributed by atoms with Crippen LogP contribution in [0.5, 0.6) is 11.5 Å². The van der Waals surface area contributed by atoms with E-state index in [-0.39, 0.29) is 5.75 Å². The largest absolute Gasteiger partial charge is 0.508 e. The summed E-state index contributed by atoms with van der Waals surface area (Å²) >= 11 is 0. The average Bonchev–Trinajstić information content (AvgIpc) is 3.04. The molecule has 0 bridgehead atoms. The second-order valence-corrected chi connectivity index (χ2v) is 5.70. The molecule has 0 atom stereocenters. The maximum absolute atomic E-state index is 10.0. The van der Waals surface area contributed by atoms with Crippen LogP contribution in [-0.4, -0.2) is 31.3 Å². The number of phenolic OH excluding ortho intramolecular Hbond substituents is 1. The van der Waals surface area contributed by atoms with Gasteiger partial charge in [0.15, 0.2) is 5.96 Å². The number of aromatic hydroxyl groups is 1. The number of para-hydroxylation sites is 1. The minimum Gasteiger partial charge on any atom is -0.508 e. The first-order valence-corrected chi connectivity index (χ1v) is 8.22. The molecule has 0 aromatic heterocycles. The van der Waals surface area contributed by atoms with Crippen molar-refractivity contribution in [3.05, 3.63) is 53.6 Å². The number of guanidine groups is 1. The lowest BCUT2D eigenvalue weighted by atomic mass is 10.2. The van der Waals surface area contributed by atoms with Crippen LogP contribution in [0.3, 0.4) is 0 Å².